The molecular formula is C20H30N3O6S. The third kappa shape index (κ3) is 6.23. The summed E-state index contributed by atoms with van der Waals surface area (Å²) < 4.78 is 26.3. The van der Waals surface area contributed by atoms with E-state index in [2.05, 4.69) is 6.92 Å². The Balaban J connectivity index is 1.97. The predicted octanol–water partition coefficient (Wildman–Crippen LogP) is 2.21. The number of carbonyl (C=O) groups excluding carboxylic acids is 1. The van der Waals surface area contributed by atoms with Crippen LogP contribution in [-0.2, 0) is 14.8 Å². The molecule has 1 aliphatic rings. The summed E-state index contributed by atoms with van der Waals surface area (Å²) in [5.74, 6) is 0.224. The van der Waals surface area contributed by atoms with Crippen LogP contribution in [0.2, 0.25) is 0 Å². The Morgan fingerprint density at radius 2 is 2.13 bits per heavy atom. The number of piperidine rings is 1. The average Bonchev–Trinajstić information content (AvgIpc) is 2.72. The van der Waals surface area contributed by atoms with Gasteiger partial charge in [0.05, 0.1) is 17.4 Å². The smallest absolute Gasteiger partial charge is 0.289 e. The minimum absolute atomic E-state index is 0.196. The number of rotatable bonds is 10. The van der Waals surface area contributed by atoms with Crippen LogP contribution in [0.1, 0.15) is 38.5 Å². The maximum Gasteiger partial charge on any atom is 0.289 e. The average molecular weight is 441 g/mol. The monoisotopic (exact) mass is 440 g/mol. The van der Waals surface area contributed by atoms with E-state index in [1.54, 1.807) is 4.90 Å². The number of nitro groups is 1. The Hall–Kier alpha value is -2.04. The van der Waals surface area contributed by atoms with E-state index < -0.39 is 31.6 Å². The number of hydrogen-bond acceptors (Lipinski definition) is 6. The molecular weight excluding hydrogens is 410 g/mol. The fourth-order valence-corrected chi connectivity index (χ4v) is 5.11. The summed E-state index contributed by atoms with van der Waals surface area (Å²) in [5.41, 5.74) is -0.531. The minimum atomic E-state index is -4.19. The molecule has 2 atom stereocenters. The Labute approximate surface area is 177 Å². The number of para-hydroxylation sites is 1. The van der Waals surface area contributed by atoms with Crippen molar-refractivity contribution >= 4 is 21.6 Å². The molecule has 1 N–H and O–H groups in total. The van der Waals surface area contributed by atoms with E-state index >= 15 is 0 Å². The maximum absolute atomic E-state index is 12.7. The van der Waals surface area contributed by atoms with Crippen molar-refractivity contribution in [2.75, 3.05) is 26.7 Å². The lowest BCUT2D eigenvalue weighted by atomic mass is 9.92. The summed E-state index contributed by atoms with van der Waals surface area (Å²) in [5, 5.41) is 21.5. The Kier molecular flexibility index (Phi) is 8.75. The third-order valence-corrected chi connectivity index (χ3v) is 7.23. The molecule has 1 heterocycles. The van der Waals surface area contributed by atoms with Crippen LogP contribution in [0.4, 0.5) is 5.69 Å². The molecule has 1 saturated heterocycles. The van der Waals surface area contributed by atoms with Crippen molar-refractivity contribution < 1.29 is 23.2 Å². The van der Waals surface area contributed by atoms with Crippen LogP contribution in [0.3, 0.4) is 0 Å². The summed E-state index contributed by atoms with van der Waals surface area (Å²) >= 11 is 0. The van der Waals surface area contributed by atoms with Crippen LogP contribution in [-0.4, -0.2) is 66.3 Å². The number of carbonyl (C=O) groups is 1. The van der Waals surface area contributed by atoms with Crippen LogP contribution in [0, 0.1) is 23.0 Å². The lowest BCUT2D eigenvalue weighted by Crippen LogP contribution is -2.43. The van der Waals surface area contributed by atoms with Crippen molar-refractivity contribution in [2.45, 2.75) is 49.5 Å². The lowest BCUT2D eigenvalue weighted by molar-refractivity contribution is -0.387. The lowest BCUT2D eigenvalue weighted by Gasteiger charge is -2.33. The summed E-state index contributed by atoms with van der Waals surface area (Å²) in [6.45, 7) is 4.79. The molecule has 167 valence electrons. The van der Waals surface area contributed by atoms with Crippen LogP contribution < -0.4 is 0 Å². The molecule has 30 heavy (non-hydrogen) atoms. The van der Waals surface area contributed by atoms with Crippen LogP contribution in [0.15, 0.2) is 29.2 Å². The second-order valence-corrected chi connectivity index (χ2v) is 9.73. The summed E-state index contributed by atoms with van der Waals surface area (Å²) in [4.78, 5) is 24.2. The number of likely N-dealkylation sites (tertiary alicyclic amines) is 1. The summed E-state index contributed by atoms with van der Waals surface area (Å²) in [7, 11) is -2.96. The van der Waals surface area contributed by atoms with Crippen molar-refractivity contribution in [1.82, 2.24) is 9.21 Å². The van der Waals surface area contributed by atoms with Gasteiger partial charge in [0.25, 0.3) is 5.69 Å². The molecule has 1 aromatic rings. The third-order valence-electron chi connectivity index (χ3n) is 5.36. The van der Waals surface area contributed by atoms with Gasteiger partial charge in [-0.2, -0.15) is 4.31 Å². The highest BCUT2D eigenvalue weighted by Gasteiger charge is 2.31. The zero-order valence-electron chi connectivity index (χ0n) is 17.3. The van der Waals surface area contributed by atoms with Crippen LogP contribution >= 0.6 is 0 Å². The predicted molar refractivity (Wildman–Crippen MR) is 112 cm³/mol. The first-order chi connectivity index (χ1) is 14.2. The number of hydrogen-bond donors (Lipinski definition) is 1. The maximum atomic E-state index is 12.7. The SMILES string of the molecule is [CH2]CCC[C@@H]1CCCN(C(=O)CC(O)CN(C)S(=O)(=O)c2ccccc2[N+](=O)[O-])C1. The molecule has 0 spiro atoms. The number of unbranched alkanes of at least 4 members (excludes halogenated alkanes) is 1. The van der Waals surface area contributed by atoms with Gasteiger partial charge in [0.1, 0.15) is 0 Å². The normalized spacial score (nSPS) is 18.4. The van der Waals surface area contributed by atoms with Crippen LogP contribution in [0.5, 0.6) is 0 Å². The molecule has 1 radical (unpaired) electrons. The Morgan fingerprint density at radius 1 is 1.43 bits per heavy atom. The van der Waals surface area contributed by atoms with Gasteiger partial charge in [0.2, 0.25) is 15.9 Å². The number of aliphatic hydroxyl groups excluding tert-OH is 1. The highest BCUT2D eigenvalue weighted by atomic mass is 32.2. The second-order valence-electron chi connectivity index (χ2n) is 7.71. The fourth-order valence-electron chi connectivity index (χ4n) is 3.74. The first-order valence-electron chi connectivity index (χ1n) is 10.1. The molecule has 1 aromatic carbocycles. The van der Waals surface area contributed by atoms with Gasteiger partial charge in [-0.1, -0.05) is 31.9 Å². The largest absolute Gasteiger partial charge is 0.391 e. The number of sulfonamides is 1. The number of nitrogens with zero attached hydrogens (tertiary/aromatic N) is 3. The molecule has 1 aliphatic heterocycles. The Bertz CT molecular complexity index is 845. The summed E-state index contributed by atoms with van der Waals surface area (Å²) in [6, 6.07) is 5.05. The van der Waals surface area contributed by atoms with Gasteiger partial charge in [-0.15, -0.1) is 0 Å². The second kappa shape index (κ2) is 10.8. The molecule has 0 saturated carbocycles. The van der Waals surface area contributed by atoms with Crippen molar-refractivity contribution in [3.63, 3.8) is 0 Å². The van der Waals surface area contributed by atoms with Crippen LogP contribution in [0.25, 0.3) is 0 Å². The van der Waals surface area contributed by atoms with E-state index in [-0.39, 0.29) is 18.9 Å². The zero-order chi connectivity index (χ0) is 22.3. The number of likely N-dealkylation sites (N-methyl/N-ethyl adjacent to an activating group) is 1. The molecule has 2 rings (SSSR count). The van der Waals surface area contributed by atoms with E-state index in [4.69, 9.17) is 0 Å². The summed E-state index contributed by atoms with van der Waals surface area (Å²) in [6.07, 6.45) is 3.48. The highest BCUT2D eigenvalue weighted by Crippen LogP contribution is 2.26. The highest BCUT2D eigenvalue weighted by molar-refractivity contribution is 7.89. The van der Waals surface area contributed by atoms with E-state index in [1.165, 1.54) is 19.2 Å². The topological polar surface area (TPSA) is 121 Å². The van der Waals surface area contributed by atoms with Gasteiger partial charge < -0.3 is 10.0 Å². The quantitative estimate of drug-likeness (QED) is 0.440. The molecule has 0 bridgehead atoms. The minimum Gasteiger partial charge on any atom is -0.391 e. The molecule has 9 nitrogen and oxygen atoms in total. The van der Waals surface area contributed by atoms with Crippen molar-refractivity contribution in [3.8, 4) is 0 Å². The number of aliphatic hydroxyl groups is 1. The van der Waals surface area contributed by atoms with E-state index in [9.17, 15) is 28.4 Å². The molecule has 1 fully saturated rings. The molecule has 1 unspecified atom stereocenters. The van der Waals surface area contributed by atoms with E-state index in [0.29, 0.717) is 19.0 Å². The number of amides is 1. The number of nitro benzene ring substituents is 1. The first kappa shape index (κ1) is 24.2. The fraction of sp³-hybridized carbons (Fsp3) is 0.600. The first-order valence-corrected chi connectivity index (χ1v) is 11.6. The molecule has 0 aromatic heterocycles. The zero-order valence-corrected chi connectivity index (χ0v) is 18.1. The van der Waals surface area contributed by atoms with Gasteiger partial charge in [0.15, 0.2) is 4.90 Å². The van der Waals surface area contributed by atoms with Gasteiger partial charge in [0, 0.05) is 32.7 Å². The molecule has 0 aliphatic carbocycles. The van der Waals surface area contributed by atoms with E-state index in [0.717, 1.165) is 48.5 Å². The van der Waals surface area contributed by atoms with Gasteiger partial charge in [-0.05, 0) is 31.2 Å². The van der Waals surface area contributed by atoms with Crippen molar-refractivity contribution in [2.24, 2.45) is 5.92 Å². The van der Waals surface area contributed by atoms with Gasteiger partial charge in [-0.3, -0.25) is 14.9 Å². The number of benzene rings is 1. The molecule has 1 amide bonds. The van der Waals surface area contributed by atoms with Gasteiger partial charge >= 0.3 is 0 Å². The Morgan fingerprint density at radius 3 is 2.80 bits per heavy atom. The van der Waals surface area contributed by atoms with Gasteiger partial charge in [-0.25, -0.2) is 8.42 Å². The van der Waals surface area contributed by atoms with E-state index in [1.807, 2.05) is 0 Å². The standard InChI is InChI=1S/C20H30N3O6S/c1-3-4-8-16-9-7-12-22(14-16)20(25)13-17(24)15-21(2)30(28,29)19-11-6-5-10-18(19)23(26)27/h5-6,10-11,16-17,24H,1,3-4,7-9,12-15H2,2H3/t16-,17?/m1/s1. The van der Waals surface area contributed by atoms with Crippen molar-refractivity contribution in [1.29, 1.82) is 0 Å². The molecule has 10 heteroatoms. The van der Waals surface area contributed by atoms with Crippen molar-refractivity contribution in [3.05, 3.63) is 41.3 Å².